The van der Waals surface area contributed by atoms with Crippen molar-refractivity contribution in [2.75, 3.05) is 0 Å². The SMILES string of the molecule is Cn1cc(SCc2ccc(C(N)=NO)cc2)cn1. The molecule has 5 nitrogen and oxygen atoms in total. The fourth-order valence-electron chi connectivity index (χ4n) is 1.47. The van der Waals surface area contributed by atoms with E-state index in [9.17, 15) is 0 Å². The predicted molar refractivity (Wildman–Crippen MR) is 71.7 cm³/mol. The highest BCUT2D eigenvalue weighted by atomic mass is 32.2. The van der Waals surface area contributed by atoms with Gasteiger partial charge in [0.2, 0.25) is 0 Å². The number of rotatable bonds is 4. The average Bonchev–Trinajstić information content (AvgIpc) is 2.82. The number of aromatic nitrogens is 2. The summed E-state index contributed by atoms with van der Waals surface area (Å²) >= 11 is 1.72. The van der Waals surface area contributed by atoms with Crippen LogP contribution < -0.4 is 5.73 Å². The number of thioether (sulfide) groups is 1. The molecule has 2 aromatic rings. The summed E-state index contributed by atoms with van der Waals surface area (Å²) in [6.45, 7) is 0. The molecule has 1 aromatic carbocycles. The lowest BCUT2D eigenvalue weighted by Crippen LogP contribution is -2.12. The minimum absolute atomic E-state index is 0.126. The Morgan fingerprint density at radius 1 is 1.44 bits per heavy atom. The molecule has 0 radical (unpaired) electrons. The molecule has 6 heteroatoms. The number of nitrogens with two attached hydrogens (primary N) is 1. The topological polar surface area (TPSA) is 76.4 Å². The first kappa shape index (κ1) is 12.5. The molecule has 0 saturated carbocycles. The van der Waals surface area contributed by atoms with Crippen LogP contribution in [0.25, 0.3) is 0 Å². The quantitative estimate of drug-likeness (QED) is 0.290. The average molecular weight is 262 g/mol. The molecule has 0 saturated heterocycles. The Hall–Kier alpha value is -1.95. The van der Waals surface area contributed by atoms with Crippen LogP contribution in [0.15, 0.2) is 46.7 Å². The number of hydrogen-bond donors (Lipinski definition) is 2. The third-order valence-corrected chi connectivity index (χ3v) is 3.47. The smallest absolute Gasteiger partial charge is 0.170 e. The summed E-state index contributed by atoms with van der Waals surface area (Å²) in [5.74, 6) is 0.990. The highest BCUT2D eigenvalue weighted by molar-refractivity contribution is 7.98. The molecule has 0 bridgehead atoms. The second kappa shape index (κ2) is 5.59. The molecule has 1 aromatic heterocycles. The van der Waals surface area contributed by atoms with Gasteiger partial charge in [0.05, 0.1) is 6.20 Å². The van der Waals surface area contributed by atoms with Crippen molar-refractivity contribution in [1.29, 1.82) is 0 Å². The first-order valence-corrected chi connectivity index (χ1v) is 6.36. The van der Waals surface area contributed by atoms with E-state index in [0.29, 0.717) is 5.56 Å². The van der Waals surface area contributed by atoms with Gasteiger partial charge in [-0.3, -0.25) is 4.68 Å². The van der Waals surface area contributed by atoms with Crippen LogP contribution in [0.3, 0.4) is 0 Å². The van der Waals surface area contributed by atoms with Crippen molar-refractivity contribution in [2.45, 2.75) is 10.6 Å². The summed E-state index contributed by atoms with van der Waals surface area (Å²) in [6, 6.07) is 7.62. The highest BCUT2D eigenvalue weighted by Gasteiger charge is 2.01. The lowest BCUT2D eigenvalue weighted by molar-refractivity contribution is 0.318. The maximum atomic E-state index is 8.56. The summed E-state index contributed by atoms with van der Waals surface area (Å²) in [5, 5.41) is 15.6. The van der Waals surface area contributed by atoms with E-state index in [1.807, 2.05) is 43.7 Å². The Balaban J connectivity index is 1.98. The van der Waals surface area contributed by atoms with E-state index in [2.05, 4.69) is 10.3 Å². The fourth-order valence-corrected chi connectivity index (χ4v) is 2.34. The van der Waals surface area contributed by atoms with Crippen molar-refractivity contribution in [2.24, 2.45) is 17.9 Å². The molecule has 0 fully saturated rings. The van der Waals surface area contributed by atoms with Crippen molar-refractivity contribution < 1.29 is 5.21 Å². The first-order chi connectivity index (χ1) is 8.69. The molecular formula is C12H14N4OS. The number of aryl methyl sites for hydroxylation is 1. The normalized spacial score (nSPS) is 11.7. The Labute approximate surface area is 109 Å². The van der Waals surface area contributed by atoms with Crippen LogP contribution >= 0.6 is 11.8 Å². The van der Waals surface area contributed by atoms with E-state index in [4.69, 9.17) is 10.9 Å². The monoisotopic (exact) mass is 262 g/mol. The predicted octanol–water partition coefficient (Wildman–Crippen LogP) is 1.81. The summed E-state index contributed by atoms with van der Waals surface area (Å²) < 4.78 is 1.78. The number of amidine groups is 1. The second-order valence-electron chi connectivity index (χ2n) is 3.82. The highest BCUT2D eigenvalue weighted by Crippen LogP contribution is 2.21. The Bertz CT molecular complexity index is 547. The van der Waals surface area contributed by atoms with Gasteiger partial charge in [-0.25, -0.2) is 0 Å². The Morgan fingerprint density at radius 2 is 2.17 bits per heavy atom. The molecule has 18 heavy (non-hydrogen) atoms. The largest absolute Gasteiger partial charge is 0.409 e. The molecule has 0 atom stereocenters. The van der Waals surface area contributed by atoms with Crippen molar-refractivity contribution in [3.8, 4) is 0 Å². The van der Waals surface area contributed by atoms with Crippen LogP contribution in [0.1, 0.15) is 11.1 Å². The number of benzene rings is 1. The molecule has 1 heterocycles. The minimum Gasteiger partial charge on any atom is -0.409 e. The van der Waals surface area contributed by atoms with Crippen molar-refractivity contribution in [1.82, 2.24) is 9.78 Å². The molecule has 2 rings (SSSR count). The fraction of sp³-hybridized carbons (Fsp3) is 0.167. The van der Waals surface area contributed by atoms with E-state index in [-0.39, 0.29) is 5.84 Å². The molecular weight excluding hydrogens is 248 g/mol. The van der Waals surface area contributed by atoms with Gasteiger partial charge in [0, 0.05) is 29.5 Å². The Morgan fingerprint density at radius 3 is 2.72 bits per heavy atom. The van der Waals surface area contributed by atoms with Crippen LogP contribution in [0.5, 0.6) is 0 Å². The zero-order valence-corrected chi connectivity index (χ0v) is 10.8. The molecule has 0 amide bonds. The summed E-state index contributed by atoms with van der Waals surface area (Å²) in [7, 11) is 1.90. The zero-order chi connectivity index (χ0) is 13.0. The molecule has 3 N–H and O–H groups in total. The number of hydrogen-bond acceptors (Lipinski definition) is 4. The van der Waals surface area contributed by atoms with Crippen molar-refractivity contribution in [3.05, 3.63) is 47.8 Å². The van der Waals surface area contributed by atoms with Gasteiger partial charge in [-0.05, 0) is 5.56 Å². The maximum Gasteiger partial charge on any atom is 0.170 e. The second-order valence-corrected chi connectivity index (χ2v) is 4.87. The first-order valence-electron chi connectivity index (χ1n) is 5.37. The van der Waals surface area contributed by atoms with Crippen LogP contribution in [-0.2, 0) is 12.8 Å². The van der Waals surface area contributed by atoms with Gasteiger partial charge < -0.3 is 10.9 Å². The van der Waals surface area contributed by atoms with E-state index in [1.54, 1.807) is 16.4 Å². The van der Waals surface area contributed by atoms with Crippen molar-refractivity contribution in [3.63, 3.8) is 0 Å². The lowest BCUT2D eigenvalue weighted by Gasteiger charge is -2.02. The summed E-state index contributed by atoms with van der Waals surface area (Å²) in [4.78, 5) is 1.14. The van der Waals surface area contributed by atoms with E-state index >= 15 is 0 Å². The van der Waals surface area contributed by atoms with Crippen LogP contribution in [0.2, 0.25) is 0 Å². The lowest BCUT2D eigenvalue weighted by atomic mass is 10.1. The van der Waals surface area contributed by atoms with Gasteiger partial charge in [-0.2, -0.15) is 5.10 Å². The van der Waals surface area contributed by atoms with Crippen LogP contribution in [0, 0.1) is 0 Å². The summed E-state index contributed by atoms with van der Waals surface area (Å²) in [6.07, 6.45) is 3.82. The third-order valence-electron chi connectivity index (χ3n) is 2.44. The number of nitrogens with zero attached hydrogens (tertiary/aromatic N) is 3. The van der Waals surface area contributed by atoms with Crippen molar-refractivity contribution >= 4 is 17.6 Å². The molecule has 0 aliphatic rings. The van der Waals surface area contributed by atoms with Gasteiger partial charge in [-0.15, -0.1) is 11.8 Å². The third kappa shape index (κ3) is 3.04. The van der Waals surface area contributed by atoms with E-state index in [0.717, 1.165) is 10.6 Å². The standard InChI is InChI=1S/C12H14N4OS/c1-16-7-11(6-14-16)18-8-9-2-4-10(5-3-9)12(13)15-17/h2-7,17H,8H2,1H3,(H2,13,15). The van der Waals surface area contributed by atoms with Gasteiger partial charge >= 0.3 is 0 Å². The van der Waals surface area contributed by atoms with Gasteiger partial charge in [0.15, 0.2) is 5.84 Å². The van der Waals surface area contributed by atoms with Crippen LogP contribution in [0.4, 0.5) is 0 Å². The minimum atomic E-state index is 0.126. The number of oxime groups is 1. The molecule has 94 valence electrons. The molecule has 0 aliphatic carbocycles. The molecule has 0 unspecified atom stereocenters. The van der Waals surface area contributed by atoms with Crippen LogP contribution in [-0.4, -0.2) is 20.8 Å². The van der Waals surface area contributed by atoms with Gasteiger partial charge in [-0.1, -0.05) is 29.4 Å². The Kier molecular flexibility index (Phi) is 3.88. The van der Waals surface area contributed by atoms with E-state index < -0.39 is 0 Å². The van der Waals surface area contributed by atoms with Gasteiger partial charge in [0.25, 0.3) is 0 Å². The van der Waals surface area contributed by atoms with Gasteiger partial charge in [0.1, 0.15) is 0 Å². The molecule has 0 aliphatic heterocycles. The van der Waals surface area contributed by atoms with E-state index in [1.165, 1.54) is 5.56 Å². The molecule has 0 spiro atoms. The maximum absolute atomic E-state index is 8.56. The summed E-state index contributed by atoms with van der Waals surface area (Å²) in [5.41, 5.74) is 7.39. The zero-order valence-electron chi connectivity index (χ0n) is 9.95.